The highest BCUT2D eigenvalue weighted by molar-refractivity contribution is 5.79. The summed E-state index contributed by atoms with van der Waals surface area (Å²) in [5, 5.41) is 9.23. The van der Waals surface area contributed by atoms with Gasteiger partial charge >= 0.3 is 0 Å². The van der Waals surface area contributed by atoms with Gasteiger partial charge in [-0.15, -0.1) is 0 Å². The Bertz CT molecular complexity index is 189. The summed E-state index contributed by atoms with van der Waals surface area (Å²) >= 11 is 0. The van der Waals surface area contributed by atoms with Crippen LogP contribution in [-0.2, 0) is 4.79 Å². The molecule has 1 amide bonds. The molecule has 1 aliphatic heterocycles. The van der Waals surface area contributed by atoms with Gasteiger partial charge in [-0.1, -0.05) is 6.42 Å². The van der Waals surface area contributed by atoms with Crippen molar-refractivity contribution >= 4 is 5.91 Å². The number of β-amino-alcohol motifs (C(OH)–C–C–N with tert-alkyl or cyclic N) is 1. The summed E-state index contributed by atoms with van der Waals surface area (Å²) in [5.41, 5.74) is 0. The maximum Gasteiger partial charge on any atom is 0.225 e. The molecule has 3 heteroatoms. The van der Waals surface area contributed by atoms with Crippen molar-refractivity contribution in [2.24, 2.45) is 5.92 Å². The molecule has 0 aromatic heterocycles. The minimum absolute atomic E-state index is 0.269. The van der Waals surface area contributed by atoms with Crippen LogP contribution in [0.1, 0.15) is 25.7 Å². The van der Waals surface area contributed by atoms with E-state index in [0.717, 1.165) is 25.8 Å². The fraction of sp³-hybridized carbons (Fsp3) is 0.889. The number of carbonyl (C=O) groups is 1. The summed E-state index contributed by atoms with van der Waals surface area (Å²) in [6.07, 6.45) is 3.82. The molecule has 1 saturated carbocycles. The number of amides is 1. The van der Waals surface area contributed by atoms with Crippen molar-refractivity contribution in [3.8, 4) is 0 Å². The fourth-order valence-electron chi connectivity index (χ4n) is 1.86. The van der Waals surface area contributed by atoms with Crippen molar-refractivity contribution in [2.75, 3.05) is 13.1 Å². The zero-order valence-electron chi connectivity index (χ0n) is 7.20. The van der Waals surface area contributed by atoms with Crippen LogP contribution in [0.4, 0.5) is 0 Å². The Morgan fingerprint density at radius 1 is 1.33 bits per heavy atom. The second-order valence-electron chi connectivity index (χ2n) is 3.85. The van der Waals surface area contributed by atoms with E-state index in [9.17, 15) is 9.90 Å². The average molecular weight is 169 g/mol. The van der Waals surface area contributed by atoms with Crippen molar-refractivity contribution in [1.82, 2.24) is 4.90 Å². The lowest BCUT2D eigenvalue weighted by molar-refractivity contribution is -0.137. The van der Waals surface area contributed by atoms with E-state index in [0.29, 0.717) is 6.54 Å². The third-order valence-electron chi connectivity index (χ3n) is 2.93. The van der Waals surface area contributed by atoms with Crippen molar-refractivity contribution in [1.29, 1.82) is 0 Å². The molecule has 2 rings (SSSR count). The molecule has 1 atom stereocenters. The summed E-state index contributed by atoms with van der Waals surface area (Å²) in [5.74, 6) is 0.563. The minimum Gasteiger partial charge on any atom is -0.391 e. The predicted octanol–water partition coefficient (Wildman–Crippen LogP) is 0.380. The fourth-order valence-corrected chi connectivity index (χ4v) is 1.86. The molecule has 1 heterocycles. The van der Waals surface area contributed by atoms with Crippen LogP contribution in [0.5, 0.6) is 0 Å². The highest BCUT2D eigenvalue weighted by Gasteiger charge is 2.32. The second-order valence-corrected chi connectivity index (χ2v) is 3.85. The summed E-state index contributed by atoms with van der Waals surface area (Å²) in [4.78, 5) is 13.4. The number of hydrogen-bond donors (Lipinski definition) is 1. The number of rotatable bonds is 1. The molecule has 1 N–H and O–H groups in total. The van der Waals surface area contributed by atoms with Crippen LogP contribution in [0, 0.1) is 5.92 Å². The molecule has 12 heavy (non-hydrogen) atoms. The molecule has 0 bridgehead atoms. The Labute approximate surface area is 72.4 Å². The van der Waals surface area contributed by atoms with Gasteiger partial charge in [-0.2, -0.15) is 0 Å². The van der Waals surface area contributed by atoms with Gasteiger partial charge < -0.3 is 10.0 Å². The van der Waals surface area contributed by atoms with Crippen LogP contribution in [0.15, 0.2) is 0 Å². The number of aliphatic hydroxyl groups is 1. The molecule has 3 nitrogen and oxygen atoms in total. The largest absolute Gasteiger partial charge is 0.391 e. The van der Waals surface area contributed by atoms with Crippen molar-refractivity contribution in [2.45, 2.75) is 31.8 Å². The topological polar surface area (TPSA) is 40.5 Å². The van der Waals surface area contributed by atoms with Gasteiger partial charge in [0.1, 0.15) is 0 Å². The van der Waals surface area contributed by atoms with E-state index < -0.39 is 0 Å². The summed E-state index contributed by atoms with van der Waals surface area (Å²) in [6, 6.07) is 0. The number of hydrogen-bond acceptors (Lipinski definition) is 2. The van der Waals surface area contributed by atoms with E-state index in [4.69, 9.17) is 0 Å². The van der Waals surface area contributed by atoms with Gasteiger partial charge in [0.25, 0.3) is 0 Å². The molecule has 68 valence electrons. The highest BCUT2D eigenvalue weighted by atomic mass is 16.3. The molecule has 0 aromatic carbocycles. The first-order valence-electron chi connectivity index (χ1n) is 4.74. The minimum atomic E-state index is -0.269. The van der Waals surface area contributed by atoms with E-state index in [2.05, 4.69) is 0 Å². The molecule has 0 radical (unpaired) electrons. The molecule has 2 fully saturated rings. The standard InChI is InChI=1S/C9H15NO2/c11-8-4-5-10(6-8)9(12)7-2-1-3-7/h7-8,11H,1-6H2/t8-/m0/s1. The Morgan fingerprint density at radius 2 is 2.08 bits per heavy atom. The third kappa shape index (κ3) is 1.33. The number of nitrogens with zero attached hydrogens (tertiary/aromatic N) is 1. The second kappa shape index (κ2) is 3.05. The van der Waals surface area contributed by atoms with E-state index >= 15 is 0 Å². The average Bonchev–Trinajstić information content (AvgIpc) is 2.31. The van der Waals surface area contributed by atoms with Crippen LogP contribution in [0.25, 0.3) is 0 Å². The molecular formula is C9H15NO2. The van der Waals surface area contributed by atoms with Crippen molar-refractivity contribution in [3.63, 3.8) is 0 Å². The summed E-state index contributed by atoms with van der Waals surface area (Å²) in [7, 11) is 0. The third-order valence-corrected chi connectivity index (χ3v) is 2.93. The van der Waals surface area contributed by atoms with E-state index in [-0.39, 0.29) is 17.9 Å². The SMILES string of the molecule is O=C(C1CCC1)N1CC[C@H](O)C1. The zero-order chi connectivity index (χ0) is 8.55. The number of likely N-dealkylation sites (tertiary alicyclic amines) is 1. The van der Waals surface area contributed by atoms with E-state index in [1.54, 1.807) is 0 Å². The maximum absolute atomic E-state index is 11.6. The van der Waals surface area contributed by atoms with Crippen LogP contribution >= 0.6 is 0 Å². The molecule has 1 aliphatic carbocycles. The molecule has 0 spiro atoms. The van der Waals surface area contributed by atoms with Crippen LogP contribution < -0.4 is 0 Å². The van der Waals surface area contributed by atoms with Gasteiger partial charge in [0.05, 0.1) is 6.10 Å². The molecule has 1 saturated heterocycles. The quantitative estimate of drug-likeness (QED) is 0.616. The van der Waals surface area contributed by atoms with Crippen molar-refractivity contribution < 1.29 is 9.90 Å². The smallest absolute Gasteiger partial charge is 0.225 e. The monoisotopic (exact) mass is 169 g/mol. The number of carbonyl (C=O) groups excluding carboxylic acids is 1. The molecule has 0 aromatic rings. The Balaban J connectivity index is 1.87. The van der Waals surface area contributed by atoms with Crippen LogP contribution in [-0.4, -0.2) is 35.1 Å². The van der Waals surface area contributed by atoms with Gasteiger partial charge in [-0.25, -0.2) is 0 Å². The maximum atomic E-state index is 11.6. The van der Waals surface area contributed by atoms with E-state index in [1.807, 2.05) is 4.90 Å². The predicted molar refractivity (Wildman–Crippen MR) is 44.5 cm³/mol. The summed E-state index contributed by atoms with van der Waals surface area (Å²) < 4.78 is 0. The first-order chi connectivity index (χ1) is 5.77. The first kappa shape index (κ1) is 8.05. The lowest BCUT2D eigenvalue weighted by Gasteiger charge is -2.28. The van der Waals surface area contributed by atoms with E-state index in [1.165, 1.54) is 6.42 Å². The number of aliphatic hydroxyl groups excluding tert-OH is 1. The lowest BCUT2D eigenvalue weighted by Crippen LogP contribution is -2.37. The zero-order valence-corrected chi connectivity index (χ0v) is 7.20. The van der Waals surface area contributed by atoms with Gasteiger partial charge in [0.2, 0.25) is 5.91 Å². The highest BCUT2D eigenvalue weighted by Crippen LogP contribution is 2.29. The lowest BCUT2D eigenvalue weighted by atomic mass is 9.84. The van der Waals surface area contributed by atoms with Crippen molar-refractivity contribution in [3.05, 3.63) is 0 Å². The normalized spacial score (nSPS) is 30.4. The van der Waals surface area contributed by atoms with Gasteiger partial charge in [-0.05, 0) is 19.3 Å². The van der Waals surface area contributed by atoms with Gasteiger partial charge in [0, 0.05) is 19.0 Å². The summed E-state index contributed by atoms with van der Waals surface area (Å²) in [6.45, 7) is 1.33. The first-order valence-corrected chi connectivity index (χ1v) is 4.74. The van der Waals surface area contributed by atoms with Crippen LogP contribution in [0.3, 0.4) is 0 Å². The van der Waals surface area contributed by atoms with Gasteiger partial charge in [-0.3, -0.25) is 4.79 Å². The molecule has 2 aliphatic rings. The van der Waals surface area contributed by atoms with Gasteiger partial charge in [0.15, 0.2) is 0 Å². The molecule has 0 unspecified atom stereocenters. The Morgan fingerprint density at radius 3 is 2.50 bits per heavy atom. The Kier molecular flexibility index (Phi) is 2.05. The van der Waals surface area contributed by atoms with Crippen LogP contribution in [0.2, 0.25) is 0 Å². The Hall–Kier alpha value is -0.570. The molecular weight excluding hydrogens is 154 g/mol.